The van der Waals surface area contributed by atoms with E-state index in [1.54, 1.807) is 48.5 Å². The number of aryl methyl sites for hydroxylation is 1. The fourth-order valence-electron chi connectivity index (χ4n) is 3.38. The van der Waals surface area contributed by atoms with Crippen LogP contribution in [-0.4, -0.2) is 41.7 Å². The summed E-state index contributed by atoms with van der Waals surface area (Å²) < 4.78 is 11.3. The Labute approximate surface area is 228 Å². The molecule has 0 radical (unpaired) electrons. The fourth-order valence-corrected chi connectivity index (χ4v) is 4.60. The molecule has 7 nitrogen and oxygen atoms in total. The molecule has 0 unspecified atom stereocenters. The third kappa shape index (κ3) is 7.07. The Balaban J connectivity index is 1.40. The number of ether oxygens (including phenoxy) is 2. The van der Waals surface area contributed by atoms with E-state index in [9.17, 15) is 14.4 Å². The van der Waals surface area contributed by atoms with E-state index in [2.05, 4.69) is 5.32 Å². The average Bonchev–Trinajstić information content (AvgIpc) is 3.14. The van der Waals surface area contributed by atoms with Crippen molar-refractivity contribution in [1.82, 2.24) is 4.90 Å². The summed E-state index contributed by atoms with van der Waals surface area (Å²) in [5.74, 6) is 0.159. The van der Waals surface area contributed by atoms with Crippen LogP contribution in [0.25, 0.3) is 6.08 Å². The number of rotatable bonds is 9. The quantitative estimate of drug-likeness (QED) is 0.305. The Bertz CT molecular complexity index is 1360. The summed E-state index contributed by atoms with van der Waals surface area (Å²) in [5.41, 5.74) is 1.91. The lowest BCUT2D eigenvalue weighted by Crippen LogP contribution is -2.32. The van der Waals surface area contributed by atoms with Gasteiger partial charge in [0.15, 0.2) is 6.61 Å². The summed E-state index contributed by atoms with van der Waals surface area (Å²) >= 11 is 13.1. The molecule has 0 aliphatic carbocycles. The van der Waals surface area contributed by atoms with E-state index in [1.165, 1.54) is 6.08 Å². The molecule has 4 rings (SSSR count). The molecule has 0 aromatic heterocycles. The molecule has 1 heterocycles. The van der Waals surface area contributed by atoms with Crippen molar-refractivity contribution in [1.29, 1.82) is 0 Å². The molecule has 0 saturated carbocycles. The van der Waals surface area contributed by atoms with Gasteiger partial charge in [0.25, 0.3) is 17.1 Å². The van der Waals surface area contributed by atoms with Gasteiger partial charge in [0.2, 0.25) is 0 Å². The molecule has 37 heavy (non-hydrogen) atoms. The molecular weight excluding hydrogens is 535 g/mol. The standard InChI is InChI=1S/C27H22Cl2N2O5S/c1-17-7-9-20(15-22(17)29)30-25(32)16-36-23-10-8-19(28)13-18(23)14-24-26(33)31(27(34)37-24)11-12-35-21-5-3-2-4-6-21/h2-10,13-15H,11-12,16H2,1H3,(H,30,32)/b24-14-. The molecule has 0 bridgehead atoms. The van der Waals surface area contributed by atoms with Gasteiger partial charge in [-0.2, -0.15) is 0 Å². The predicted molar refractivity (Wildman–Crippen MR) is 146 cm³/mol. The molecule has 1 N–H and O–H groups in total. The highest BCUT2D eigenvalue weighted by Crippen LogP contribution is 2.35. The Morgan fingerprint density at radius 2 is 1.81 bits per heavy atom. The Hall–Kier alpha value is -3.46. The number of thioether (sulfide) groups is 1. The number of carbonyl (C=O) groups excluding carboxylic acids is 3. The first-order valence-corrected chi connectivity index (χ1v) is 12.8. The van der Waals surface area contributed by atoms with Crippen molar-refractivity contribution < 1.29 is 23.9 Å². The molecule has 1 aliphatic rings. The van der Waals surface area contributed by atoms with E-state index in [0.717, 1.165) is 22.2 Å². The van der Waals surface area contributed by atoms with E-state index >= 15 is 0 Å². The van der Waals surface area contributed by atoms with Gasteiger partial charge in [0.05, 0.1) is 11.4 Å². The Morgan fingerprint density at radius 1 is 1.03 bits per heavy atom. The van der Waals surface area contributed by atoms with Gasteiger partial charge < -0.3 is 14.8 Å². The number of imide groups is 1. The fraction of sp³-hybridized carbons (Fsp3) is 0.148. The van der Waals surface area contributed by atoms with Crippen LogP contribution in [0, 0.1) is 6.92 Å². The topological polar surface area (TPSA) is 84.9 Å². The smallest absolute Gasteiger partial charge is 0.293 e. The minimum atomic E-state index is -0.438. The average molecular weight is 557 g/mol. The third-order valence-corrected chi connectivity index (χ3v) is 6.82. The van der Waals surface area contributed by atoms with E-state index in [-0.39, 0.29) is 30.6 Å². The maximum atomic E-state index is 12.9. The number of benzene rings is 3. The van der Waals surface area contributed by atoms with Gasteiger partial charge in [-0.1, -0.05) is 47.5 Å². The Kier molecular flexibility index (Phi) is 8.76. The van der Waals surface area contributed by atoms with E-state index in [0.29, 0.717) is 32.8 Å². The summed E-state index contributed by atoms with van der Waals surface area (Å²) in [6.07, 6.45) is 1.53. The summed E-state index contributed by atoms with van der Waals surface area (Å²) in [7, 11) is 0. The molecule has 3 amide bonds. The van der Waals surface area contributed by atoms with Crippen LogP contribution in [0.3, 0.4) is 0 Å². The van der Waals surface area contributed by atoms with Crippen molar-refractivity contribution in [2.75, 3.05) is 25.1 Å². The monoisotopic (exact) mass is 556 g/mol. The minimum Gasteiger partial charge on any atom is -0.492 e. The third-order valence-electron chi connectivity index (χ3n) is 5.27. The van der Waals surface area contributed by atoms with Gasteiger partial charge in [0.1, 0.15) is 18.1 Å². The first-order valence-electron chi connectivity index (χ1n) is 11.2. The van der Waals surface area contributed by atoms with E-state index < -0.39 is 11.1 Å². The van der Waals surface area contributed by atoms with Crippen molar-refractivity contribution in [3.05, 3.63) is 92.8 Å². The first kappa shape index (κ1) is 26.6. The second-order valence-electron chi connectivity index (χ2n) is 7.98. The van der Waals surface area contributed by atoms with Crippen LogP contribution in [-0.2, 0) is 9.59 Å². The predicted octanol–water partition coefficient (Wildman–Crippen LogP) is 6.43. The van der Waals surface area contributed by atoms with Crippen LogP contribution < -0.4 is 14.8 Å². The summed E-state index contributed by atoms with van der Waals surface area (Å²) in [6, 6.07) is 19.1. The van der Waals surface area contributed by atoms with Gasteiger partial charge in [-0.05, 0) is 72.8 Å². The van der Waals surface area contributed by atoms with Crippen LogP contribution in [0.4, 0.5) is 10.5 Å². The number of anilines is 1. The summed E-state index contributed by atoms with van der Waals surface area (Å²) in [4.78, 5) is 39.1. The zero-order valence-corrected chi connectivity index (χ0v) is 22.0. The number of halogens is 2. The molecule has 1 aliphatic heterocycles. The van der Waals surface area contributed by atoms with Crippen molar-refractivity contribution in [2.45, 2.75) is 6.92 Å². The van der Waals surface area contributed by atoms with Crippen LogP contribution in [0.5, 0.6) is 11.5 Å². The highest BCUT2D eigenvalue weighted by Gasteiger charge is 2.35. The van der Waals surface area contributed by atoms with Crippen LogP contribution >= 0.6 is 35.0 Å². The number of hydrogen-bond donors (Lipinski definition) is 1. The maximum absolute atomic E-state index is 12.9. The van der Waals surface area contributed by atoms with Gasteiger partial charge in [-0.25, -0.2) is 0 Å². The molecular formula is C27H22Cl2N2O5S. The van der Waals surface area contributed by atoms with Gasteiger partial charge in [-0.15, -0.1) is 0 Å². The number of nitrogens with zero attached hydrogens (tertiary/aromatic N) is 1. The summed E-state index contributed by atoms with van der Waals surface area (Å²) in [5, 5.41) is 3.28. The molecule has 3 aromatic carbocycles. The lowest BCUT2D eigenvalue weighted by molar-refractivity contribution is -0.123. The number of para-hydroxylation sites is 1. The van der Waals surface area contributed by atoms with E-state index in [1.807, 2.05) is 25.1 Å². The van der Waals surface area contributed by atoms with Crippen LogP contribution in [0.1, 0.15) is 11.1 Å². The number of nitrogens with one attached hydrogen (secondary N) is 1. The van der Waals surface area contributed by atoms with Crippen LogP contribution in [0.2, 0.25) is 10.0 Å². The second-order valence-corrected chi connectivity index (χ2v) is 9.81. The minimum absolute atomic E-state index is 0.110. The second kappa shape index (κ2) is 12.2. The van der Waals surface area contributed by atoms with Crippen molar-refractivity contribution in [2.24, 2.45) is 0 Å². The van der Waals surface area contributed by atoms with Crippen molar-refractivity contribution in [3.63, 3.8) is 0 Å². The normalized spacial score (nSPS) is 14.2. The molecule has 10 heteroatoms. The molecule has 3 aromatic rings. The molecule has 190 valence electrons. The highest BCUT2D eigenvalue weighted by molar-refractivity contribution is 8.18. The largest absolute Gasteiger partial charge is 0.492 e. The Morgan fingerprint density at radius 3 is 2.57 bits per heavy atom. The first-order chi connectivity index (χ1) is 17.8. The lowest BCUT2D eigenvalue weighted by atomic mass is 10.2. The number of amides is 3. The van der Waals surface area contributed by atoms with Gasteiger partial charge in [-0.3, -0.25) is 19.3 Å². The lowest BCUT2D eigenvalue weighted by Gasteiger charge is -2.13. The maximum Gasteiger partial charge on any atom is 0.293 e. The molecule has 1 saturated heterocycles. The van der Waals surface area contributed by atoms with Crippen molar-refractivity contribution >= 4 is 63.8 Å². The highest BCUT2D eigenvalue weighted by atomic mass is 35.5. The zero-order valence-electron chi connectivity index (χ0n) is 19.7. The van der Waals surface area contributed by atoms with Crippen molar-refractivity contribution in [3.8, 4) is 11.5 Å². The number of hydrogen-bond acceptors (Lipinski definition) is 6. The van der Waals surface area contributed by atoms with Gasteiger partial charge >= 0.3 is 0 Å². The zero-order chi connectivity index (χ0) is 26.4. The molecule has 0 spiro atoms. The van der Waals surface area contributed by atoms with E-state index in [4.69, 9.17) is 32.7 Å². The summed E-state index contributed by atoms with van der Waals surface area (Å²) in [6.45, 7) is 1.86. The number of carbonyl (C=O) groups is 3. The van der Waals surface area contributed by atoms with Crippen LogP contribution in [0.15, 0.2) is 71.6 Å². The molecule has 1 fully saturated rings. The molecule has 0 atom stereocenters. The SMILES string of the molecule is Cc1ccc(NC(=O)COc2ccc(Cl)cc2/C=C2\SC(=O)N(CCOc3ccccc3)C2=O)cc1Cl. The van der Waals surface area contributed by atoms with Gasteiger partial charge in [0, 0.05) is 21.3 Å².